The number of rotatable bonds is 4. The van der Waals surface area contributed by atoms with E-state index in [1.807, 2.05) is 6.07 Å². The van der Waals surface area contributed by atoms with E-state index in [9.17, 15) is 0 Å². The third-order valence-corrected chi connectivity index (χ3v) is 3.75. The summed E-state index contributed by atoms with van der Waals surface area (Å²) in [6, 6.07) is 8.31. The van der Waals surface area contributed by atoms with Gasteiger partial charge in [-0.3, -0.25) is 0 Å². The minimum atomic E-state index is 0.997. The maximum absolute atomic E-state index is 4.41. The van der Waals surface area contributed by atoms with E-state index >= 15 is 0 Å². The number of hydrogen-bond donors (Lipinski definition) is 1. The molecule has 0 radical (unpaired) electrons. The zero-order chi connectivity index (χ0) is 10.1. The van der Waals surface area contributed by atoms with Gasteiger partial charge in [0.25, 0.3) is 0 Å². The molecule has 2 nitrogen and oxygen atoms in total. The average molecular weight is 218 g/mol. The molecule has 15 heavy (non-hydrogen) atoms. The van der Waals surface area contributed by atoms with E-state index in [-0.39, 0.29) is 0 Å². The van der Waals surface area contributed by atoms with Crippen LogP contribution in [0.25, 0.3) is 10.9 Å². The molecule has 0 bridgehead atoms. The van der Waals surface area contributed by atoms with Crippen LogP contribution in [0, 0.1) is 5.92 Å². The van der Waals surface area contributed by atoms with E-state index in [0.29, 0.717) is 0 Å². The molecule has 1 heterocycles. The van der Waals surface area contributed by atoms with Gasteiger partial charge in [-0.15, -0.1) is 0 Å². The lowest BCUT2D eigenvalue weighted by Crippen LogP contribution is -2.00. The van der Waals surface area contributed by atoms with Crippen LogP contribution in [0.5, 0.6) is 0 Å². The summed E-state index contributed by atoms with van der Waals surface area (Å²) < 4.78 is 4.41. The first-order valence-electron chi connectivity index (χ1n) is 5.52. The second kappa shape index (κ2) is 3.81. The molecule has 3 rings (SSSR count). The van der Waals surface area contributed by atoms with Crippen molar-refractivity contribution in [3.63, 3.8) is 0 Å². The van der Waals surface area contributed by atoms with Crippen molar-refractivity contribution in [3.05, 3.63) is 24.3 Å². The maximum Gasteiger partial charge on any atom is 0.117 e. The van der Waals surface area contributed by atoms with Crippen molar-refractivity contribution in [2.45, 2.75) is 19.3 Å². The SMILES string of the molecule is c1ccc2c(NCCC3CC3)snc2c1. The molecule has 0 aliphatic heterocycles. The van der Waals surface area contributed by atoms with Crippen molar-refractivity contribution in [2.75, 3.05) is 11.9 Å². The average Bonchev–Trinajstić information content (AvgIpc) is 3.00. The molecule has 1 aromatic carbocycles. The van der Waals surface area contributed by atoms with Crippen molar-refractivity contribution < 1.29 is 0 Å². The molecule has 0 amide bonds. The predicted molar refractivity (Wildman–Crippen MR) is 65.5 cm³/mol. The van der Waals surface area contributed by atoms with E-state index in [4.69, 9.17) is 0 Å². The summed E-state index contributed by atoms with van der Waals surface area (Å²) in [5.41, 5.74) is 1.11. The minimum Gasteiger partial charge on any atom is -0.375 e. The lowest BCUT2D eigenvalue weighted by atomic mass is 10.2. The highest BCUT2D eigenvalue weighted by atomic mass is 32.1. The zero-order valence-corrected chi connectivity index (χ0v) is 9.39. The molecular formula is C12H14N2S. The van der Waals surface area contributed by atoms with E-state index in [1.54, 1.807) is 11.5 Å². The summed E-state index contributed by atoms with van der Waals surface area (Å²) in [5.74, 6) is 0.997. The summed E-state index contributed by atoms with van der Waals surface area (Å²) in [6.07, 6.45) is 4.18. The first-order chi connectivity index (χ1) is 7.43. The lowest BCUT2D eigenvalue weighted by Gasteiger charge is -2.02. The smallest absolute Gasteiger partial charge is 0.117 e. The van der Waals surface area contributed by atoms with E-state index in [1.165, 1.54) is 29.6 Å². The molecule has 2 aromatic rings. The second-order valence-corrected chi connectivity index (χ2v) is 4.96. The predicted octanol–water partition coefficient (Wildman–Crippen LogP) is 3.51. The van der Waals surface area contributed by atoms with E-state index in [2.05, 4.69) is 27.9 Å². The molecular weight excluding hydrogens is 204 g/mol. The normalized spacial score (nSPS) is 15.7. The van der Waals surface area contributed by atoms with Gasteiger partial charge >= 0.3 is 0 Å². The number of aromatic nitrogens is 1. The molecule has 0 saturated heterocycles. The number of benzene rings is 1. The van der Waals surface area contributed by atoms with Crippen LogP contribution >= 0.6 is 11.5 Å². The Hall–Kier alpha value is -1.09. The van der Waals surface area contributed by atoms with E-state index in [0.717, 1.165) is 18.0 Å². The summed E-state index contributed by atoms with van der Waals surface area (Å²) >= 11 is 1.57. The van der Waals surface area contributed by atoms with Crippen molar-refractivity contribution >= 4 is 27.4 Å². The third kappa shape index (κ3) is 1.97. The number of nitrogens with zero attached hydrogens (tertiary/aromatic N) is 1. The van der Waals surface area contributed by atoms with Gasteiger partial charge < -0.3 is 5.32 Å². The van der Waals surface area contributed by atoms with E-state index < -0.39 is 0 Å². The molecule has 1 fully saturated rings. The highest BCUT2D eigenvalue weighted by molar-refractivity contribution is 7.11. The van der Waals surface area contributed by atoms with Gasteiger partial charge in [-0.2, -0.15) is 4.37 Å². The number of nitrogens with one attached hydrogen (secondary N) is 1. The van der Waals surface area contributed by atoms with Crippen LogP contribution < -0.4 is 5.32 Å². The number of hydrogen-bond acceptors (Lipinski definition) is 3. The molecule has 0 atom stereocenters. The van der Waals surface area contributed by atoms with Gasteiger partial charge in [0.15, 0.2) is 0 Å². The molecule has 3 heteroatoms. The first-order valence-corrected chi connectivity index (χ1v) is 6.29. The lowest BCUT2D eigenvalue weighted by molar-refractivity contribution is 0.762. The van der Waals surface area contributed by atoms with Crippen molar-refractivity contribution in [2.24, 2.45) is 5.92 Å². The zero-order valence-electron chi connectivity index (χ0n) is 8.57. The Labute approximate surface area is 93.5 Å². The largest absolute Gasteiger partial charge is 0.375 e. The second-order valence-electron chi connectivity index (χ2n) is 4.19. The molecule has 1 aliphatic rings. The summed E-state index contributed by atoms with van der Waals surface area (Å²) in [6.45, 7) is 1.09. The fourth-order valence-corrected chi connectivity index (χ4v) is 2.60. The molecule has 0 unspecified atom stereocenters. The fraction of sp³-hybridized carbons (Fsp3) is 0.417. The van der Waals surface area contributed by atoms with Gasteiger partial charge in [-0.05, 0) is 36.0 Å². The molecule has 1 saturated carbocycles. The van der Waals surface area contributed by atoms with Gasteiger partial charge in [-0.1, -0.05) is 25.0 Å². The summed E-state index contributed by atoms with van der Waals surface area (Å²) in [7, 11) is 0. The Balaban J connectivity index is 1.72. The van der Waals surface area contributed by atoms with Crippen molar-refractivity contribution in [1.82, 2.24) is 4.37 Å². The number of fused-ring (bicyclic) bond motifs is 1. The summed E-state index contributed by atoms with van der Waals surface area (Å²) in [5, 5.41) is 5.99. The van der Waals surface area contributed by atoms with Crippen LogP contribution in [-0.2, 0) is 0 Å². The number of anilines is 1. The fourth-order valence-electron chi connectivity index (χ4n) is 1.81. The van der Waals surface area contributed by atoms with Crippen LogP contribution in [0.15, 0.2) is 24.3 Å². The highest BCUT2D eigenvalue weighted by Crippen LogP contribution is 2.33. The Kier molecular flexibility index (Phi) is 2.33. The van der Waals surface area contributed by atoms with Gasteiger partial charge in [-0.25, -0.2) is 0 Å². The first kappa shape index (κ1) is 9.16. The van der Waals surface area contributed by atoms with Crippen molar-refractivity contribution in [1.29, 1.82) is 0 Å². The van der Waals surface area contributed by atoms with Crippen LogP contribution in [-0.4, -0.2) is 10.9 Å². The van der Waals surface area contributed by atoms with Gasteiger partial charge in [0, 0.05) is 11.9 Å². The molecule has 1 aliphatic carbocycles. The van der Waals surface area contributed by atoms with Crippen LogP contribution in [0.2, 0.25) is 0 Å². The Bertz CT molecular complexity index is 459. The standard InChI is InChI=1S/C12H14N2S/c1-2-4-11-10(3-1)12(15-14-11)13-8-7-9-5-6-9/h1-4,9,13H,5-8H2. The highest BCUT2D eigenvalue weighted by Gasteiger charge is 2.20. The minimum absolute atomic E-state index is 0.997. The van der Waals surface area contributed by atoms with Crippen LogP contribution in [0.4, 0.5) is 5.00 Å². The Morgan fingerprint density at radius 2 is 2.20 bits per heavy atom. The molecule has 78 valence electrons. The molecule has 1 N–H and O–H groups in total. The summed E-state index contributed by atoms with van der Waals surface area (Å²) in [4.78, 5) is 0. The van der Waals surface area contributed by atoms with Gasteiger partial charge in [0.2, 0.25) is 0 Å². The van der Waals surface area contributed by atoms with Crippen molar-refractivity contribution in [3.8, 4) is 0 Å². The maximum atomic E-state index is 4.41. The molecule has 0 spiro atoms. The van der Waals surface area contributed by atoms with Crippen LogP contribution in [0.1, 0.15) is 19.3 Å². The Morgan fingerprint density at radius 3 is 3.07 bits per heavy atom. The third-order valence-electron chi connectivity index (χ3n) is 2.92. The van der Waals surface area contributed by atoms with Gasteiger partial charge in [0.05, 0.1) is 5.52 Å². The monoisotopic (exact) mass is 218 g/mol. The van der Waals surface area contributed by atoms with Gasteiger partial charge in [0.1, 0.15) is 5.00 Å². The topological polar surface area (TPSA) is 24.9 Å². The Morgan fingerprint density at radius 1 is 1.33 bits per heavy atom. The quantitative estimate of drug-likeness (QED) is 0.849. The molecule has 1 aromatic heterocycles. The van der Waals surface area contributed by atoms with Crippen LogP contribution in [0.3, 0.4) is 0 Å².